The lowest BCUT2D eigenvalue weighted by molar-refractivity contribution is -0.394. The van der Waals surface area contributed by atoms with Crippen molar-refractivity contribution < 1.29 is 14.6 Å². The van der Waals surface area contributed by atoms with Gasteiger partial charge >= 0.3 is 0 Å². The number of hydrogen-bond acceptors (Lipinski definition) is 5. The van der Waals surface area contributed by atoms with E-state index < -0.39 is 27.1 Å². The Bertz CT molecular complexity index is 677. The molecule has 2 rings (SSSR count). The zero-order chi connectivity index (χ0) is 19.5. The molecular weight excluding hydrogens is 338 g/mol. The number of carbonyl (C=O) groups excluding carboxylic acids is 1. The minimum Gasteiger partial charge on any atom is -0.349 e. The van der Waals surface area contributed by atoms with Crippen LogP contribution in [-0.2, 0) is 0 Å². The maximum absolute atomic E-state index is 12.4. The summed E-state index contributed by atoms with van der Waals surface area (Å²) in [5, 5.41) is 24.8. The van der Waals surface area contributed by atoms with Crippen molar-refractivity contribution in [3.8, 4) is 0 Å². The third kappa shape index (κ3) is 4.56. The van der Waals surface area contributed by atoms with Crippen LogP contribution in [-0.4, -0.2) is 21.8 Å². The Morgan fingerprint density at radius 1 is 1.08 bits per heavy atom. The van der Waals surface area contributed by atoms with Gasteiger partial charge in [-0.3, -0.25) is 25.0 Å². The summed E-state index contributed by atoms with van der Waals surface area (Å²) < 4.78 is 0. The summed E-state index contributed by atoms with van der Waals surface area (Å²) in [7, 11) is 0. The first-order valence-electron chi connectivity index (χ1n) is 8.88. The number of hydrogen-bond donors (Lipinski definition) is 1. The highest BCUT2D eigenvalue weighted by Gasteiger charge is 2.32. The lowest BCUT2D eigenvalue weighted by Gasteiger charge is -2.39. The molecule has 0 bridgehead atoms. The molecule has 142 valence electrons. The summed E-state index contributed by atoms with van der Waals surface area (Å²) in [5.74, 6) is 0.106. The third-order valence-corrected chi connectivity index (χ3v) is 5.67. The number of rotatable bonds is 6. The summed E-state index contributed by atoms with van der Waals surface area (Å²) >= 11 is 0. The average molecular weight is 363 g/mol. The van der Waals surface area contributed by atoms with Gasteiger partial charge in [0.05, 0.1) is 21.5 Å². The predicted molar refractivity (Wildman–Crippen MR) is 97.0 cm³/mol. The Balaban J connectivity index is 2.07. The van der Waals surface area contributed by atoms with Gasteiger partial charge in [-0.05, 0) is 37.0 Å². The largest absolute Gasteiger partial charge is 0.349 e. The number of benzene rings is 1. The van der Waals surface area contributed by atoms with Crippen molar-refractivity contribution in [3.63, 3.8) is 0 Å². The number of amides is 1. The van der Waals surface area contributed by atoms with Crippen LogP contribution in [0.5, 0.6) is 0 Å². The van der Waals surface area contributed by atoms with E-state index in [2.05, 4.69) is 26.1 Å². The van der Waals surface area contributed by atoms with Crippen LogP contribution in [0.2, 0.25) is 0 Å². The second-order valence-corrected chi connectivity index (χ2v) is 7.62. The topological polar surface area (TPSA) is 115 Å². The zero-order valence-electron chi connectivity index (χ0n) is 15.4. The molecule has 1 aliphatic carbocycles. The first kappa shape index (κ1) is 19.8. The van der Waals surface area contributed by atoms with Gasteiger partial charge < -0.3 is 5.32 Å². The van der Waals surface area contributed by atoms with E-state index in [0.717, 1.165) is 50.3 Å². The molecule has 0 heterocycles. The number of nitro benzene ring substituents is 2. The fraction of sp³-hybridized carbons (Fsp3) is 0.611. The molecule has 0 aromatic heterocycles. The van der Waals surface area contributed by atoms with E-state index in [1.54, 1.807) is 0 Å². The molecule has 0 unspecified atom stereocenters. The molecule has 8 heteroatoms. The third-order valence-electron chi connectivity index (χ3n) is 5.67. The van der Waals surface area contributed by atoms with E-state index in [-0.39, 0.29) is 17.0 Å². The fourth-order valence-corrected chi connectivity index (χ4v) is 3.51. The van der Waals surface area contributed by atoms with Crippen LogP contribution in [0.4, 0.5) is 11.4 Å². The van der Waals surface area contributed by atoms with Crippen LogP contribution in [0, 0.1) is 31.6 Å². The van der Waals surface area contributed by atoms with Gasteiger partial charge in [0.1, 0.15) is 0 Å². The summed E-state index contributed by atoms with van der Waals surface area (Å²) in [6, 6.07) is 3.00. The van der Waals surface area contributed by atoms with Crippen molar-refractivity contribution in [2.24, 2.45) is 11.3 Å². The normalized spacial score (nSPS) is 20.4. The van der Waals surface area contributed by atoms with Gasteiger partial charge in [0, 0.05) is 18.2 Å². The van der Waals surface area contributed by atoms with Gasteiger partial charge in [0.2, 0.25) is 0 Å². The predicted octanol–water partition coefficient (Wildman–Crippen LogP) is 4.23. The van der Waals surface area contributed by atoms with E-state index in [1.165, 1.54) is 0 Å². The molecule has 1 aromatic rings. The molecule has 1 aliphatic rings. The van der Waals surface area contributed by atoms with Crippen molar-refractivity contribution in [2.45, 2.75) is 58.9 Å². The average Bonchev–Trinajstić information content (AvgIpc) is 2.61. The monoisotopic (exact) mass is 363 g/mol. The van der Waals surface area contributed by atoms with Gasteiger partial charge in [0.15, 0.2) is 0 Å². The van der Waals surface area contributed by atoms with Gasteiger partial charge in [-0.1, -0.05) is 27.2 Å². The van der Waals surface area contributed by atoms with Crippen molar-refractivity contribution in [1.29, 1.82) is 0 Å². The molecule has 0 saturated heterocycles. The van der Waals surface area contributed by atoms with Gasteiger partial charge in [-0.2, -0.15) is 0 Å². The Hall–Kier alpha value is -2.51. The van der Waals surface area contributed by atoms with Crippen molar-refractivity contribution >= 4 is 17.3 Å². The van der Waals surface area contributed by atoms with Crippen LogP contribution in [0.1, 0.15) is 63.2 Å². The SMILES string of the molecule is CCC(C)(C)[C@H]1CC[C@@H](NC(=O)c2cc([N+](=O)[O-])cc([N+](=O)[O-])c2)CC1. The van der Waals surface area contributed by atoms with Crippen molar-refractivity contribution in [1.82, 2.24) is 5.32 Å². The molecule has 1 fully saturated rings. The highest BCUT2D eigenvalue weighted by molar-refractivity contribution is 5.95. The molecule has 1 N–H and O–H groups in total. The summed E-state index contributed by atoms with van der Waals surface area (Å²) in [6.45, 7) is 6.71. The summed E-state index contributed by atoms with van der Waals surface area (Å²) in [4.78, 5) is 32.9. The Kier molecular flexibility index (Phi) is 5.94. The first-order chi connectivity index (χ1) is 12.1. The number of non-ortho nitro benzene ring substituents is 2. The molecule has 0 radical (unpaired) electrons. The van der Waals surface area contributed by atoms with E-state index in [9.17, 15) is 25.0 Å². The molecule has 1 saturated carbocycles. The minimum atomic E-state index is -0.734. The maximum atomic E-state index is 12.4. The molecular formula is C18H25N3O5. The highest BCUT2D eigenvalue weighted by Crippen LogP contribution is 2.40. The van der Waals surface area contributed by atoms with E-state index in [4.69, 9.17) is 0 Å². The van der Waals surface area contributed by atoms with Crippen LogP contribution in [0.15, 0.2) is 18.2 Å². The molecule has 0 atom stereocenters. The lowest BCUT2D eigenvalue weighted by atomic mass is 9.69. The highest BCUT2D eigenvalue weighted by atomic mass is 16.6. The molecule has 0 aliphatic heterocycles. The zero-order valence-corrected chi connectivity index (χ0v) is 15.4. The fourth-order valence-electron chi connectivity index (χ4n) is 3.51. The molecule has 0 spiro atoms. The van der Waals surface area contributed by atoms with Gasteiger partial charge in [-0.15, -0.1) is 0 Å². The lowest BCUT2D eigenvalue weighted by Crippen LogP contribution is -2.39. The van der Waals surface area contributed by atoms with Crippen LogP contribution >= 0.6 is 0 Å². The Morgan fingerprint density at radius 3 is 2.00 bits per heavy atom. The number of nitrogens with zero attached hydrogens (tertiary/aromatic N) is 2. The molecule has 1 amide bonds. The van der Waals surface area contributed by atoms with E-state index in [1.807, 2.05) is 0 Å². The van der Waals surface area contributed by atoms with Crippen LogP contribution in [0.25, 0.3) is 0 Å². The standard InChI is InChI=1S/C18H25N3O5/c1-4-18(2,3)13-5-7-14(8-6-13)19-17(22)12-9-15(20(23)24)11-16(10-12)21(25)26/h9-11,13-14H,4-8H2,1-3H3,(H,19,22)/t13-,14+. The maximum Gasteiger partial charge on any atom is 0.277 e. The van der Waals surface area contributed by atoms with E-state index in [0.29, 0.717) is 5.92 Å². The Morgan fingerprint density at radius 2 is 1.58 bits per heavy atom. The summed E-state index contributed by atoms with van der Waals surface area (Å²) in [6.07, 6.45) is 4.82. The first-order valence-corrected chi connectivity index (χ1v) is 8.88. The molecule has 26 heavy (non-hydrogen) atoms. The minimum absolute atomic E-state index is 0.00951. The molecule has 1 aromatic carbocycles. The van der Waals surface area contributed by atoms with Crippen molar-refractivity contribution in [3.05, 3.63) is 44.0 Å². The second-order valence-electron chi connectivity index (χ2n) is 7.62. The summed E-state index contributed by atoms with van der Waals surface area (Å²) in [5.41, 5.74) is -0.701. The quantitative estimate of drug-likeness (QED) is 0.600. The van der Waals surface area contributed by atoms with Crippen LogP contribution < -0.4 is 5.32 Å². The smallest absolute Gasteiger partial charge is 0.277 e. The van der Waals surface area contributed by atoms with Gasteiger partial charge in [0.25, 0.3) is 17.3 Å². The van der Waals surface area contributed by atoms with Gasteiger partial charge in [-0.25, -0.2) is 0 Å². The number of nitrogens with one attached hydrogen (secondary N) is 1. The van der Waals surface area contributed by atoms with Crippen LogP contribution in [0.3, 0.4) is 0 Å². The van der Waals surface area contributed by atoms with E-state index >= 15 is 0 Å². The Labute approximate surface area is 152 Å². The molecule has 8 nitrogen and oxygen atoms in total. The van der Waals surface area contributed by atoms with Crippen molar-refractivity contribution in [2.75, 3.05) is 0 Å². The second kappa shape index (κ2) is 7.80. The number of carbonyl (C=O) groups is 1. The number of nitro groups is 2.